The number of nitrogens with one attached hydrogen (secondary N) is 1. The van der Waals surface area contributed by atoms with Gasteiger partial charge in [0, 0.05) is 63.2 Å². The first kappa shape index (κ1) is 32.9. The third kappa shape index (κ3) is 6.78. The van der Waals surface area contributed by atoms with Crippen molar-refractivity contribution in [2.75, 3.05) is 59.4 Å². The molecule has 0 unspecified atom stereocenters. The number of H-pyrrole nitrogens is 1. The molecule has 48 heavy (non-hydrogen) atoms. The molecule has 7 rings (SSSR count). The van der Waals surface area contributed by atoms with E-state index in [2.05, 4.69) is 26.8 Å². The van der Waals surface area contributed by atoms with Crippen molar-refractivity contribution < 1.29 is 14.3 Å². The van der Waals surface area contributed by atoms with Gasteiger partial charge < -0.3 is 24.4 Å². The molecular formula is C35H41Cl2N7O4. The molecule has 3 aliphatic heterocycles. The van der Waals surface area contributed by atoms with Crippen LogP contribution in [0, 0.1) is 0 Å². The predicted octanol–water partition coefficient (Wildman–Crippen LogP) is 4.81. The van der Waals surface area contributed by atoms with Gasteiger partial charge in [-0.3, -0.25) is 19.2 Å². The summed E-state index contributed by atoms with van der Waals surface area (Å²) in [5.41, 5.74) is 2.91. The molecule has 0 radical (unpaired) electrons. The van der Waals surface area contributed by atoms with Crippen LogP contribution >= 0.6 is 23.2 Å². The number of piperidine rings is 2. The molecule has 0 spiro atoms. The van der Waals surface area contributed by atoms with Crippen molar-refractivity contribution in [2.45, 2.75) is 50.3 Å². The minimum absolute atomic E-state index is 0.104. The summed E-state index contributed by atoms with van der Waals surface area (Å²) >= 11 is 12.5. The molecule has 0 bridgehead atoms. The highest BCUT2D eigenvalue weighted by Crippen LogP contribution is 2.29. The number of fused-ring (bicyclic) bond motifs is 3. The minimum Gasteiger partial charge on any atom is -0.436 e. The Morgan fingerprint density at radius 2 is 1.60 bits per heavy atom. The maximum Gasteiger partial charge on any atom is 0.410 e. The van der Waals surface area contributed by atoms with E-state index in [1.807, 2.05) is 35.2 Å². The van der Waals surface area contributed by atoms with Crippen molar-refractivity contribution in [1.29, 1.82) is 0 Å². The fourth-order valence-electron chi connectivity index (χ4n) is 7.52. The molecular weight excluding hydrogens is 653 g/mol. The number of carbonyl (C=O) groups is 2. The summed E-state index contributed by atoms with van der Waals surface area (Å²) in [6.07, 6.45) is 3.82. The lowest BCUT2D eigenvalue weighted by Gasteiger charge is -2.42. The highest BCUT2D eigenvalue weighted by Gasteiger charge is 2.35. The van der Waals surface area contributed by atoms with Crippen molar-refractivity contribution in [3.05, 3.63) is 74.8 Å². The number of imidazole rings is 1. The number of aromatic nitrogens is 3. The molecule has 4 aromatic rings. The van der Waals surface area contributed by atoms with Gasteiger partial charge in [0.25, 0.3) is 5.91 Å². The number of hydrogen-bond acceptors (Lipinski definition) is 7. The number of halogens is 2. The number of rotatable bonds is 6. The number of para-hydroxylation sites is 1. The van der Waals surface area contributed by atoms with Gasteiger partial charge in [-0.05, 0) is 69.6 Å². The van der Waals surface area contributed by atoms with Crippen LogP contribution in [0.5, 0.6) is 0 Å². The van der Waals surface area contributed by atoms with Gasteiger partial charge in [0.15, 0.2) is 6.10 Å². The highest BCUT2D eigenvalue weighted by molar-refractivity contribution is 6.42. The third-order valence-corrected chi connectivity index (χ3v) is 11.0. The molecule has 1 atom stereocenters. The average molecular weight is 695 g/mol. The van der Waals surface area contributed by atoms with Gasteiger partial charge in [-0.25, -0.2) is 9.59 Å². The summed E-state index contributed by atoms with van der Waals surface area (Å²) in [5, 5.41) is 1.70. The summed E-state index contributed by atoms with van der Waals surface area (Å²) < 4.78 is 7.78. The number of nitrogens with zero attached hydrogens (tertiary/aromatic N) is 6. The molecule has 254 valence electrons. The van der Waals surface area contributed by atoms with E-state index in [0.29, 0.717) is 55.1 Å². The second-order valence-electron chi connectivity index (χ2n) is 13.3. The normalized spacial score (nSPS) is 19.6. The Labute approximate surface area is 289 Å². The van der Waals surface area contributed by atoms with Crippen LogP contribution in [0.4, 0.5) is 4.79 Å². The molecule has 3 aliphatic rings. The topological polar surface area (TPSA) is 107 Å². The molecule has 5 heterocycles. The Morgan fingerprint density at radius 3 is 2.33 bits per heavy atom. The van der Waals surface area contributed by atoms with Crippen LogP contribution in [0.15, 0.2) is 53.5 Å². The Bertz CT molecular complexity index is 1850. The molecule has 2 amide bonds. The Morgan fingerprint density at radius 1 is 0.896 bits per heavy atom. The molecule has 13 heteroatoms. The van der Waals surface area contributed by atoms with E-state index in [-0.39, 0.29) is 24.1 Å². The van der Waals surface area contributed by atoms with E-state index in [4.69, 9.17) is 27.9 Å². The maximum atomic E-state index is 14.0. The third-order valence-electron chi connectivity index (χ3n) is 10.3. The first-order valence-corrected chi connectivity index (χ1v) is 17.6. The van der Waals surface area contributed by atoms with Gasteiger partial charge in [-0.2, -0.15) is 0 Å². The number of carbonyl (C=O) groups excluding carboxylic acids is 2. The molecule has 2 aromatic heterocycles. The number of likely N-dealkylation sites (tertiary alicyclic amines) is 2. The lowest BCUT2D eigenvalue weighted by molar-refractivity contribution is -0.143. The van der Waals surface area contributed by atoms with Gasteiger partial charge in [-0.15, -0.1) is 0 Å². The van der Waals surface area contributed by atoms with Gasteiger partial charge in [0.2, 0.25) is 0 Å². The molecule has 0 saturated carbocycles. The lowest BCUT2D eigenvalue weighted by Crippen LogP contribution is -2.56. The second-order valence-corrected chi connectivity index (χ2v) is 14.1. The van der Waals surface area contributed by atoms with E-state index < -0.39 is 12.2 Å². The van der Waals surface area contributed by atoms with Crippen LogP contribution in [0.2, 0.25) is 10.0 Å². The van der Waals surface area contributed by atoms with Crippen LogP contribution in [0.1, 0.15) is 37.3 Å². The van der Waals surface area contributed by atoms with Crippen molar-refractivity contribution in [2.24, 2.45) is 0 Å². The number of piperazine rings is 1. The Balaban J connectivity index is 1.02. The lowest BCUT2D eigenvalue weighted by atomic mass is 10.0. The number of ether oxygens (including phenoxy) is 1. The average Bonchev–Trinajstić information content (AvgIpc) is 3.46. The summed E-state index contributed by atoms with van der Waals surface area (Å²) in [7, 11) is 2.16. The maximum absolute atomic E-state index is 14.0. The first-order valence-electron chi connectivity index (χ1n) is 16.8. The largest absolute Gasteiger partial charge is 0.436 e. The molecule has 0 aliphatic carbocycles. The van der Waals surface area contributed by atoms with Crippen molar-refractivity contribution >= 4 is 57.1 Å². The van der Waals surface area contributed by atoms with Crippen molar-refractivity contribution in [1.82, 2.24) is 34.1 Å². The SMILES string of the molecule is CN1CCC(N2CCN(C(=O)[C@@H](Cc3ccc(Cl)c(Cl)c3)OC(=O)N3CCC(n4c(=O)[nH]c5c6ccccc6ncc54)CC3)CC2)CC1. The monoisotopic (exact) mass is 693 g/mol. The summed E-state index contributed by atoms with van der Waals surface area (Å²) in [6.45, 7) is 5.77. The Kier molecular flexibility index (Phi) is 9.64. The zero-order valence-electron chi connectivity index (χ0n) is 27.1. The standard InChI is InChI=1S/C35H41Cl2N7O4/c1-40-12-8-24(9-13-40)41-16-18-42(19-17-41)33(45)31(21-23-6-7-27(36)28(37)20-23)48-35(47)43-14-10-25(11-15-43)44-30-22-38-29-5-3-2-4-26(29)32(30)39-34(44)46/h2-7,20,22,24-25,31H,8-19,21H2,1H3,(H,39,46)/t31-/m1/s1. The Hall–Kier alpha value is -3.64. The highest BCUT2D eigenvalue weighted by atomic mass is 35.5. The summed E-state index contributed by atoms with van der Waals surface area (Å²) in [4.78, 5) is 56.6. The number of amides is 2. The van der Waals surface area contributed by atoms with Crippen molar-refractivity contribution in [3.63, 3.8) is 0 Å². The van der Waals surface area contributed by atoms with Crippen LogP contribution in [-0.4, -0.2) is 118 Å². The zero-order valence-corrected chi connectivity index (χ0v) is 28.6. The molecule has 3 fully saturated rings. The molecule has 1 N–H and O–H groups in total. The summed E-state index contributed by atoms with van der Waals surface area (Å²) in [6, 6.07) is 13.4. The fourth-order valence-corrected chi connectivity index (χ4v) is 7.84. The predicted molar refractivity (Wildman–Crippen MR) is 187 cm³/mol. The van der Waals surface area contributed by atoms with Gasteiger partial charge in [0.1, 0.15) is 0 Å². The first-order chi connectivity index (χ1) is 23.2. The van der Waals surface area contributed by atoms with E-state index in [0.717, 1.165) is 66.5 Å². The number of pyridine rings is 1. The second kappa shape index (κ2) is 14.1. The van der Waals surface area contributed by atoms with Gasteiger partial charge in [0.05, 0.1) is 32.8 Å². The smallest absolute Gasteiger partial charge is 0.410 e. The number of benzene rings is 2. The molecule has 3 saturated heterocycles. The number of hydrogen-bond donors (Lipinski definition) is 1. The fraction of sp³-hybridized carbons (Fsp3) is 0.486. The summed E-state index contributed by atoms with van der Waals surface area (Å²) in [5.74, 6) is -0.197. The zero-order chi connectivity index (χ0) is 33.4. The number of aromatic amines is 1. The van der Waals surface area contributed by atoms with Crippen LogP contribution in [0.3, 0.4) is 0 Å². The van der Waals surface area contributed by atoms with Gasteiger partial charge >= 0.3 is 11.8 Å². The van der Waals surface area contributed by atoms with Crippen LogP contribution in [-0.2, 0) is 16.0 Å². The van der Waals surface area contributed by atoms with E-state index in [1.54, 1.807) is 27.8 Å². The molecule has 11 nitrogen and oxygen atoms in total. The molecule has 2 aromatic carbocycles. The van der Waals surface area contributed by atoms with Crippen LogP contribution in [0.25, 0.3) is 21.9 Å². The van der Waals surface area contributed by atoms with Gasteiger partial charge in [-0.1, -0.05) is 47.5 Å². The van der Waals surface area contributed by atoms with E-state index >= 15 is 0 Å². The van der Waals surface area contributed by atoms with E-state index in [9.17, 15) is 14.4 Å². The quantitative estimate of drug-likeness (QED) is 0.309. The minimum atomic E-state index is -1.00. The van der Waals surface area contributed by atoms with Crippen molar-refractivity contribution in [3.8, 4) is 0 Å². The van der Waals surface area contributed by atoms with E-state index in [1.165, 1.54) is 0 Å². The van der Waals surface area contributed by atoms with Crippen LogP contribution < -0.4 is 5.69 Å².